The molecule has 0 bridgehead atoms. The Bertz CT molecular complexity index is 625. The molecule has 0 N–H and O–H groups in total. The number of carbonyl (C=O) groups excluding carboxylic acids is 1. The Balaban J connectivity index is 1.89. The smallest absolute Gasteiger partial charge is 0.227 e. The molecule has 1 amide bonds. The van der Waals surface area contributed by atoms with Gasteiger partial charge in [0.1, 0.15) is 0 Å². The van der Waals surface area contributed by atoms with Crippen LogP contribution in [0.15, 0.2) is 29.0 Å². The third kappa shape index (κ3) is 4.87. The van der Waals surface area contributed by atoms with Crippen LogP contribution in [-0.4, -0.2) is 39.0 Å². The lowest BCUT2D eigenvalue weighted by molar-refractivity contribution is -0.131. The maximum atomic E-state index is 12.2. The predicted molar refractivity (Wildman–Crippen MR) is 87.5 cm³/mol. The van der Waals surface area contributed by atoms with Gasteiger partial charge in [-0.3, -0.25) is 9.78 Å². The van der Waals surface area contributed by atoms with Gasteiger partial charge in [0.05, 0.1) is 0 Å². The molecule has 0 radical (unpaired) electrons. The molecule has 0 fully saturated rings. The second-order valence-corrected chi connectivity index (χ2v) is 6.24. The molecule has 2 aromatic heterocycles. The highest BCUT2D eigenvalue weighted by atomic mass is 16.5. The van der Waals surface area contributed by atoms with Crippen molar-refractivity contribution in [2.75, 3.05) is 7.05 Å². The Morgan fingerprint density at radius 3 is 2.78 bits per heavy atom. The normalized spacial score (nSPS) is 12.4. The van der Waals surface area contributed by atoms with E-state index < -0.39 is 0 Å². The predicted octanol–water partition coefficient (Wildman–Crippen LogP) is 2.96. The maximum absolute atomic E-state index is 12.2. The first kappa shape index (κ1) is 17.1. The van der Waals surface area contributed by atoms with Gasteiger partial charge >= 0.3 is 0 Å². The van der Waals surface area contributed by atoms with E-state index in [9.17, 15) is 4.79 Å². The van der Waals surface area contributed by atoms with E-state index in [0.717, 1.165) is 12.0 Å². The van der Waals surface area contributed by atoms with Gasteiger partial charge in [-0.15, -0.1) is 0 Å². The number of nitrogens with zero attached hydrogens (tertiary/aromatic N) is 4. The Labute approximate surface area is 136 Å². The first-order chi connectivity index (χ1) is 11.0. The van der Waals surface area contributed by atoms with Crippen LogP contribution in [0.2, 0.25) is 0 Å². The lowest BCUT2D eigenvalue weighted by atomic mass is 10.0. The summed E-state index contributed by atoms with van der Waals surface area (Å²) in [4.78, 5) is 22.4. The van der Waals surface area contributed by atoms with Crippen LogP contribution in [0.3, 0.4) is 0 Å². The fourth-order valence-corrected chi connectivity index (χ4v) is 2.45. The van der Waals surface area contributed by atoms with E-state index in [2.05, 4.69) is 35.9 Å². The van der Waals surface area contributed by atoms with E-state index in [1.54, 1.807) is 17.3 Å². The van der Waals surface area contributed by atoms with Crippen molar-refractivity contribution in [2.45, 2.75) is 46.1 Å². The highest BCUT2D eigenvalue weighted by Gasteiger charge is 2.18. The Hall–Kier alpha value is -2.24. The molecule has 2 aromatic rings. The largest absolute Gasteiger partial charge is 0.343 e. The van der Waals surface area contributed by atoms with Crippen molar-refractivity contribution in [3.63, 3.8) is 0 Å². The SMILES string of the molecule is CC(C)C[C@H](C)N(C)C(=O)CCc1nc(-c2cccnc2)no1. The maximum Gasteiger partial charge on any atom is 0.227 e. The molecule has 0 saturated heterocycles. The highest BCUT2D eigenvalue weighted by Crippen LogP contribution is 2.15. The Morgan fingerprint density at radius 1 is 1.35 bits per heavy atom. The summed E-state index contributed by atoms with van der Waals surface area (Å²) in [5, 5.41) is 3.93. The number of aryl methyl sites for hydroxylation is 1. The number of pyridine rings is 1. The van der Waals surface area contributed by atoms with E-state index >= 15 is 0 Å². The van der Waals surface area contributed by atoms with Crippen molar-refractivity contribution in [1.29, 1.82) is 0 Å². The average Bonchev–Trinajstić information content (AvgIpc) is 3.01. The van der Waals surface area contributed by atoms with Gasteiger partial charge in [-0.2, -0.15) is 4.98 Å². The molecule has 124 valence electrons. The zero-order chi connectivity index (χ0) is 16.8. The summed E-state index contributed by atoms with van der Waals surface area (Å²) < 4.78 is 5.21. The molecule has 2 rings (SSSR count). The van der Waals surface area contributed by atoms with Crippen molar-refractivity contribution in [3.8, 4) is 11.4 Å². The molecule has 2 heterocycles. The highest BCUT2D eigenvalue weighted by molar-refractivity contribution is 5.76. The van der Waals surface area contributed by atoms with Crippen molar-refractivity contribution in [2.24, 2.45) is 5.92 Å². The minimum absolute atomic E-state index is 0.0966. The Morgan fingerprint density at radius 2 is 2.13 bits per heavy atom. The molecule has 0 aliphatic carbocycles. The lowest BCUT2D eigenvalue weighted by Gasteiger charge is -2.26. The van der Waals surface area contributed by atoms with Gasteiger partial charge < -0.3 is 9.42 Å². The molecular formula is C17H24N4O2. The molecule has 23 heavy (non-hydrogen) atoms. The summed E-state index contributed by atoms with van der Waals surface area (Å²) in [7, 11) is 1.85. The van der Waals surface area contributed by atoms with E-state index in [0.29, 0.717) is 30.5 Å². The fourth-order valence-electron chi connectivity index (χ4n) is 2.45. The summed E-state index contributed by atoms with van der Waals surface area (Å²) in [5.74, 6) is 1.64. The van der Waals surface area contributed by atoms with Gasteiger partial charge in [0.15, 0.2) is 0 Å². The number of rotatable bonds is 7. The second-order valence-electron chi connectivity index (χ2n) is 6.24. The standard InChI is InChI=1S/C17H24N4O2/c1-12(2)10-13(3)21(4)16(22)8-7-15-19-17(20-23-15)14-6-5-9-18-11-14/h5-6,9,11-13H,7-8,10H2,1-4H3/t13-/m0/s1. The van der Waals surface area contributed by atoms with Crippen LogP contribution < -0.4 is 0 Å². The number of aromatic nitrogens is 3. The van der Waals surface area contributed by atoms with E-state index in [4.69, 9.17) is 4.52 Å². The summed E-state index contributed by atoms with van der Waals surface area (Å²) in [5.41, 5.74) is 0.802. The van der Waals surface area contributed by atoms with Crippen LogP contribution in [0.4, 0.5) is 0 Å². The molecule has 0 aromatic carbocycles. The summed E-state index contributed by atoms with van der Waals surface area (Å²) in [6.45, 7) is 6.39. The molecule has 0 aliphatic rings. The van der Waals surface area contributed by atoms with Crippen LogP contribution in [0.1, 0.15) is 39.5 Å². The fraction of sp³-hybridized carbons (Fsp3) is 0.529. The van der Waals surface area contributed by atoms with Crippen LogP contribution in [0, 0.1) is 5.92 Å². The Kier molecular flexibility index (Phi) is 5.84. The number of amides is 1. The summed E-state index contributed by atoms with van der Waals surface area (Å²) in [6.07, 6.45) is 5.19. The van der Waals surface area contributed by atoms with Crippen LogP contribution in [0.25, 0.3) is 11.4 Å². The van der Waals surface area contributed by atoms with Gasteiger partial charge in [-0.05, 0) is 31.4 Å². The molecule has 0 saturated carbocycles. The monoisotopic (exact) mass is 316 g/mol. The molecule has 0 spiro atoms. The van der Waals surface area contributed by atoms with Crippen LogP contribution in [-0.2, 0) is 11.2 Å². The molecular weight excluding hydrogens is 292 g/mol. The van der Waals surface area contributed by atoms with Gasteiger partial charge in [0.2, 0.25) is 17.6 Å². The minimum atomic E-state index is 0.0966. The number of hydrogen-bond acceptors (Lipinski definition) is 5. The number of hydrogen-bond donors (Lipinski definition) is 0. The van der Waals surface area contributed by atoms with Gasteiger partial charge in [-0.25, -0.2) is 0 Å². The number of carbonyl (C=O) groups is 1. The van der Waals surface area contributed by atoms with Gasteiger partial charge in [-0.1, -0.05) is 19.0 Å². The van der Waals surface area contributed by atoms with Crippen molar-refractivity contribution in [3.05, 3.63) is 30.4 Å². The first-order valence-electron chi connectivity index (χ1n) is 7.96. The molecule has 6 nitrogen and oxygen atoms in total. The van der Waals surface area contributed by atoms with Crippen molar-refractivity contribution < 1.29 is 9.32 Å². The molecule has 0 aliphatic heterocycles. The van der Waals surface area contributed by atoms with Gasteiger partial charge in [0.25, 0.3) is 0 Å². The third-order valence-corrected chi connectivity index (χ3v) is 3.81. The molecule has 6 heteroatoms. The summed E-state index contributed by atoms with van der Waals surface area (Å²) >= 11 is 0. The zero-order valence-electron chi connectivity index (χ0n) is 14.2. The first-order valence-corrected chi connectivity index (χ1v) is 7.96. The van der Waals surface area contributed by atoms with E-state index in [1.807, 2.05) is 19.2 Å². The van der Waals surface area contributed by atoms with E-state index in [-0.39, 0.29) is 11.9 Å². The van der Waals surface area contributed by atoms with Crippen LogP contribution in [0.5, 0.6) is 0 Å². The third-order valence-electron chi connectivity index (χ3n) is 3.81. The van der Waals surface area contributed by atoms with Crippen molar-refractivity contribution >= 4 is 5.91 Å². The van der Waals surface area contributed by atoms with Crippen molar-refractivity contribution in [1.82, 2.24) is 20.0 Å². The zero-order valence-corrected chi connectivity index (χ0v) is 14.2. The molecule has 1 atom stereocenters. The van der Waals surface area contributed by atoms with E-state index in [1.165, 1.54) is 0 Å². The minimum Gasteiger partial charge on any atom is -0.343 e. The van der Waals surface area contributed by atoms with Crippen LogP contribution >= 0.6 is 0 Å². The quantitative estimate of drug-likeness (QED) is 0.785. The lowest BCUT2D eigenvalue weighted by Crippen LogP contribution is -2.36. The second kappa shape index (κ2) is 7.85. The summed E-state index contributed by atoms with van der Waals surface area (Å²) in [6, 6.07) is 3.92. The molecule has 0 unspecified atom stereocenters. The average molecular weight is 316 g/mol. The topological polar surface area (TPSA) is 72.1 Å². The van der Waals surface area contributed by atoms with Gasteiger partial charge in [0, 0.05) is 43.9 Å².